The van der Waals surface area contributed by atoms with E-state index in [1.807, 2.05) is 6.92 Å². The number of benzene rings is 1. The van der Waals surface area contributed by atoms with Crippen molar-refractivity contribution in [1.82, 2.24) is 0 Å². The first-order valence-corrected chi connectivity index (χ1v) is 8.03. The third-order valence-corrected chi connectivity index (χ3v) is 3.78. The Hall–Kier alpha value is -1.51. The zero-order valence-electron chi connectivity index (χ0n) is 13.5. The number of carbonyl (C=O) groups excluding carboxylic acids is 1. The second kappa shape index (κ2) is 8.71. The largest absolute Gasteiger partial charge is 0.508 e. The van der Waals surface area contributed by atoms with E-state index < -0.39 is 5.60 Å². The van der Waals surface area contributed by atoms with Crippen molar-refractivity contribution in [1.29, 1.82) is 0 Å². The first-order valence-electron chi connectivity index (χ1n) is 8.03. The van der Waals surface area contributed by atoms with Gasteiger partial charge in [0.05, 0.1) is 5.56 Å². The Bertz CT molecular complexity index is 425. The average molecular weight is 292 g/mol. The van der Waals surface area contributed by atoms with Gasteiger partial charge in [0.15, 0.2) is 0 Å². The highest BCUT2D eigenvalue weighted by Gasteiger charge is 2.27. The normalized spacial score (nSPS) is 13.7. The van der Waals surface area contributed by atoms with E-state index in [9.17, 15) is 9.90 Å². The molecule has 0 amide bonds. The van der Waals surface area contributed by atoms with Crippen molar-refractivity contribution in [2.24, 2.45) is 0 Å². The Balaban J connectivity index is 2.63. The Kier molecular flexibility index (Phi) is 7.27. The quantitative estimate of drug-likeness (QED) is 0.510. The Morgan fingerprint density at radius 3 is 2.29 bits per heavy atom. The van der Waals surface area contributed by atoms with Gasteiger partial charge in [0.1, 0.15) is 11.4 Å². The lowest BCUT2D eigenvalue weighted by Crippen LogP contribution is -2.31. The van der Waals surface area contributed by atoms with Crippen LogP contribution in [0, 0.1) is 0 Å². The van der Waals surface area contributed by atoms with Crippen LogP contribution in [0.5, 0.6) is 5.75 Å². The van der Waals surface area contributed by atoms with E-state index in [0.29, 0.717) is 5.56 Å². The summed E-state index contributed by atoms with van der Waals surface area (Å²) in [6.07, 6.45) is 7.49. The maximum atomic E-state index is 12.2. The maximum absolute atomic E-state index is 12.2. The zero-order chi connectivity index (χ0) is 15.7. The van der Waals surface area contributed by atoms with Gasteiger partial charge in [0.2, 0.25) is 0 Å². The zero-order valence-corrected chi connectivity index (χ0v) is 13.5. The second-order valence-corrected chi connectivity index (χ2v) is 5.95. The molecule has 0 fully saturated rings. The molecule has 0 spiro atoms. The summed E-state index contributed by atoms with van der Waals surface area (Å²) in [4.78, 5) is 12.2. The lowest BCUT2D eigenvalue weighted by atomic mass is 9.92. The standard InChI is InChI=1S/C18H28O3/c1-4-6-7-8-14-18(3,13-5-2)21-17(20)15-9-11-16(19)12-10-15/h9-12,19H,4-8,13-14H2,1-3H3. The molecule has 0 heterocycles. The minimum Gasteiger partial charge on any atom is -0.508 e. The number of unbranched alkanes of at least 4 members (excludes halogenated alkanes) is 3. The third-order valence-electron chi connectivity index (χ3n) is 3.78. The van der Waals surface area contributed by atoms with E-state index >= 15 is 0 Å². The molecule has 0 radical (unpaired) electrons. The summed E-state index contributed by atoms with van der Waals surface area (Å²) in [6.45, 7) is 6.33. The molecular weight excluding hydrogens is 264 g/mol. The molecule has 0 aliphatic heterocycles. The molecule has 0 bridgehead atoms. The van der Waals surface area contributed by atoms with Gasteiger partial charge in [-0.3, -0.25) is 0 Å². The van der Waals surface area contributed by atoms with Gasteiger partial charge >= 0.3 is 5.97 Å². The van der Waals surface area contributed by atoms with Crippen LogP contribution < -0.4 is 0 Å². The van der Waals surface area contributed by atoms with Crippen molar-refractivity contribution in [2.45, 2.75) is 71.3 Å². The number of carbonyl (C=O) groups is 1. The molecule has 1 aromatic rings. The molecule has 1 rings (SSSR count). The summed E-state index contributed by atoms with van der Waals surface area (Å²) in [5.41, 5.74) is 0.0981. The van der Waals surface area contributed by atoms with Gasteiger partial charge in [-0.15, -0.1) is 0 Å². The minimum absolute atomic E-state index is 0.155. The number of phenols is 1. The van der Waals surface area contributed by atoms with Gasteiger partial charge in [-0.25, -0.2) is 4.79 Å². The van der Waals surface area contributed by atoms with Crippen LogP contribution in [0.15, 0.2) is 24.3 Å². The third kappa shape index (κ3) is 6.19. The fourth-order valence-corrected chi connectivity index (χ4v) is 2.56. The summed E-state index contributed by atoms with van der Waals surface area (Å²) in [5, 5.41) is 9.27. The number of hydrogen-bond donors (Lipinski definition) is 1. The summed E-state index contributed by atoms with van der Waals surface area (Å²) >= 11 is 0. The van der Waals surface area contributed by atoms with Crippen LogP contribution >= 0.6 is 0 Å². The maximum Gasteiger partial charge on any atom is 0.338 e. The van der Waals surface area contributed by atoms with Gasteiger partial charge in [0, 0.05) is 0 Å². The van der Waals surface area contributed by atoms with E-state index in [1.54, 1.807) is 12.1 Å². The number of ether oxygens (including phenoxy) is 1. The van der Waals surface area contributed by atoms with Crippen molar-refractivity contribution in [2.75, 3.05) is 0 Å². The number of hydrogen-bond acceptors (Lipinski definition) is 3. The smallest absolute Gasteiger partial charge is 0.338 e. The predicted molar refractivity (Wildman–Crippen MR) is 85.6 cm³/mol. The minimum atomic E-state index is -0.391. The molecule has 3 nitrogen and oxygen atoms in total. The molecule has 1 N–H and O–H groups in total. The van der Waals surface area contributed by atoms with Gasteiger partial charge in [-0.05, 0) is 50.5 Å². The van der Waals surface area contributed by atoms with E-state index in [-0.39, 0.29) is 11.7 Å². The van der Waals surface area contributed by atoms with Crippen molar-refractivity contribution >= 4 is 5.97 Å². The lowest BCUT2D eigenvalue weighted by molar-refractivity contribution is -0.0190. The molecule has 0 saturated heterocycles. The highest BCUT2D eigenvalue weighted by molar-refractivity contribution is 5.89. The molecule has 3 heteroatoms. The molecule has 0 aliphatic carbocycles. The van der Waals surface area contributed by atoms with Crippen LogP contribution in [-0.4, -0.2) is 16.7 Å². The number of aromatic hydroxyl groups is 1. The van der Waals surface area contributed by atoms with Crippen LogP contribution in [0.4, 0.5) is 0 Å². The van der Waals surface area contributed by atoms with Crippen molar-refractivity contribution in [3.63, 3.8) is 0 Å². The van der Waals surface area contributed by atoms with Crippen LogP contribution in [0.3, 0.4) is 0 Å². The first-order chi connectivity index (χ1) is 10.0. The topological polar surface area (TPSA) is 46.5 Å². The number of esters is 1. The summed E-state index contributed by atoms with van der Waals surface area (Å²) < 4.78 is 5.76. The van der Waals surface area contributed by atoms with Gasteiger partial charge in [0.25, 0.3) is 0 Å². The van der Waals surface area contributed by atoms with E-state index in [1.165, 1.54) is 31.4 Å². The predicted octanol–water partition coefficient (Wildman–Crippen LogP) is 5.08. The van der Waals surface area contributed by atoms with E-state index in [0.717, 1.165) is 25.7 Å². The molecule has 1 atom stereocenters. The number of phenolic OH excluding ortho intramolecular Hbond substituents is 1. The summed E-state index contributed by atoms with van der Waals surface area (Å²) in [6, 6.07) is 6.21. The monoisotopic (exact) mass is 292 g/mol. The van der Waals surface area contributed by atoms with Crippen molar-refractivity contribution in [3.05, 3.63) is 29.8 Å². The van der Waals surface area contributed by atoms with Crippen LogP contribution in [0.25, 0.3) is 0 Å². The second-order valence-electron chi connectivity index (χ2n) is 5.95. The molecule has 1 unspecified atom stereocenters. The van der Waals surface area contributed by atoms with Crippen LogP contribution in [-0.2, 0) is 4.74 Å². The molecule has 21 heavy (non-hydrogen) atoms. The van der Waals surface area contributed by atoms with Crippen molar-refractivity contribution in [3.8, 4) is 5.75 Å². The highest BCUT2D eigenvalue weighted by Crippen LogP contribution is 2.27. The van der Waals surface area contributed by atoms with Gasteiger partial charge in [-0.1, -0.05) is 39.5 Å². The SMILES string of the molecule is CCCCCCC(C)(CCC)OC(=O)c1ccc(O)cc1. The molecular formula is C18H28O3. The molecule has 118 valence electrons. The molecule has 0 aromatic heterocycles. The fourth-order valence-electron chi connectivity index (χ4n) is 2.56. The summed E-state index contributed by atoms with van der Waals surface area (Å²) in [5.74, 6) is -0.149. The fraction of sp³-hybridized carbons (Fsp3) is 0.611. The molecule has 0 saturated carbocycles. The van der Waals surface area contributed by atoms with E-state index in [2.05, 4.69) is 13.8 Å². The lowest BCUT2D eigenvalue weighted by Gasteiger charge is -2.29. The molecule has 1 aromatic carbocycles. The Morgan fingerprint density at radius 1 is 1.05 bits per heavy atom. The van der Waals surface area contributed by atoms with Gasteiger partial charge in [-0.2, -0.15) is 0 Å². The Labute approximate surface area is 128 Å². The highest BCUT2D eigenvalue weighted by atomic mass is 16.6. The van der Waals surface area contributed by atoms with Crippen molar-refractivity contribution < 1.29 is 14.6 Å². The first kappa shape index (κ1) is 17.5. The summed E-state index contributed by atoms with van der Waals surface area (Å²) in [7, 11) is 0. The number of rotatable bonds is 9. The van der Waals surface area contributed by atoms with Crippen LogP contribution in [0.2, 0.25) is 0 Å². The van der Waals surface area contributed by atoms with E-state index in [4.69, 9.17) is 4.74 Å². The van der Waals surface area contributed by atoms with Crippen LogP contribution in [0.1, 0.15) is 76.1 Å². The average Bonchev–Trinajstić information content (AvgIpc) is 2.44. The van der Waals surface area contributed by atoms with Gasteiger partial charge < -0.3 is 9.84 Å². The molecule has 0 aliphatic rings. The Morgan fingerprint density at radius 2 is 1.71 bits per heavy atom.